The Morgan fingerprint density at radius 3 is 2.88 bits per heavy atom. The van der Waals surface area contributed by atoms with Gasteiger partial charge in [-0.3, -0.25) is 4.79 Å². The second kappa shape index (κ2) is 6.98. The van der Waals surface area contributed by atoms with Crippen LogP contribution in [0.3, 0.4) is 0 Å². The molecule has 0 aliphatic rings. The van der Waals surface area contributed by atoms with Crippen molar-refractivity contribution in [2.45, 2.75) is 18.2 Å². The van der Waals surface area contributed by atoms with E-state index in [2.05, 4.69) is 15.9 Å². The van der Waals surface area contributed by atoms with Crippen molar-refractivity contribution >= 4 is 33.7 Å². The van der Waals surface area contributed by atoms with Crippen molar-refractivity contribution in [2.75, 3.05) is 5.75 Å². The predicted molar refractivity (Wildman–Crippen MR) is 70.5 cm³/mol. The van der Waals surface area contributed by atoms with Crippen LogP contribution in [0.2, 0.25) is 0 Å². The first-order valence-corrected chi connectivity index (χ1v) is 6.95. The van der Waals surface area contributed by atoms with E-state index in [9.17, 15) is 9.18 Å². The van der Waals surface area contributed by atoms with Crippen molar-refractivity contribution < 1.29 is 14.3 Å². The van der Waals surface area contributed by atoms with Gasteiger partial charge in [0, 0.05) is 10.2 Å². The van der Waals surface area contributed by atoms with Gasteiger partial charge in [0.05, 0.1) is 0 Å². The van der Waals surface area contributed by atoms with Gasteiger partial charge in [0.15, 0.2) is 0 Å². The Morgan fingerprint density at radius 1 is 1.59 bits per heavy atom. The SMILES string of the molecule is NC(CCSCc1ccc(F)cc1Br)C(=O)O. The summed E-state index contributed by atoms with van der Waals surface area (Å²) in [7, 11) is 0. The molecule has 1 atom stereocenters. The number of thioether (sulfide) groups is 1. The molecule has 1 rings (SSSR count). The van der Waals surface area contributed by atoms with Crippen LogP contribution in [0.5, 0.6) is 0 Å². The van der Waals surface area contributed by atoms with E-state index in [0.717, 1.165) is 10.0 Å². The number of rotatable bonds is 6. The third-order valence-electron chi connectivity index (χ3n) is 2.16. The van der Waals surface area contributed by atoms with Gasteiger partial charge in [-0.2, -0.15) is 11.8 Å². The molecule has 17 heavy (non-hydrogen) atoms. The maximum atomic E-state index is 12.8. The predicted octanol–water partition coefficient (Wildman–Crippen LogP) is 2.62. The standard InChI is InChI=1S/C11H13BrFNO2S/c12-9-5-8(13)2-1-7(9)6-17-4-3-10(14)11(15)16/h1-2,5,10H,3-4,6,14H2,(H,15,16). The van der Waals surface area contributed by atoms with Crippen LogP contribution in [0.4, 0.5) is 4.39 Å². The first-order valence-electron chi connectivity index (χ1n) is 5.00. The highest BCUT2D eigenvalue weighted by Gasteiger charge is 2.10. The number of carboxylic acid groups (broad SMARTS) is 1. The largest absolute Gasteiger partial charge is 0.480 e. The fraction of sp³-hybridized carbons (Fsp3) is 0.364. The van der Waals surface area contributed by atoms with Crippen molar-refractivity contribution in [1.82, 2.24) is 0 Å². The van der Waals surface area contributed by atoms with Crippen molar-refractivity contribution in [3.63, 3.8) is 0 Å². The van der Waals surface area contributed by atoms with E-state index >= 15 is 0 Å². The van der Waals surface area contributed by atoms with E-state index in [-0.39, 0.29) is 5.82 Å². The van der Waals surface area contributed by atoms with E-state index < -0.39 is 12.0 Å². The Balaban J connectivity index is 2.34. The lowest BCUT2D eigenvalue weighted by atomic mass is 10.2. The highest BCUT2D eigenvalue weighted by molar-refractivity contribution is 9.10. The molecule has 1 unspecified atom stereocenters. The van der Waals surface area contributed by atoms with Crippen LogP contribution in [0.25, 0.3) is 0 Å². The number of halogens is 2. The molecule has 0 aliphatic carbocycles. The molecule has 0 heterocycles. The Hall–Kier alpha value is -0.590. The van der Waals surface area contributed by atoms with Gasteiger partial charge in [0.1, 0.15) is 11.9 Å². The van der Waals surface area contributed by atoms with Crippen LogP contribution in [-0.4, -0.2) is 22.9 Å². The van der Waals surface area contributed by atoms with E-state index in [1.807, 2.05) is 0 Å². The fourth-order valence-corrected chi connectivity index (χ4v) is 2.87. The van der Waals surface area contributed by atoms with Gasteiger partial charge in [0.25, 0.3) is 0 Å². The van der Waals surface area contributed by atoms with Crippen LogP contribution in [0.1, 0.15) is 12.0 Å². The molecule has 0 saturated heterocycles. The van der Waals surface area contributed by atoms with Crippen molar-refractivity contribution in [1.29, 1.82) is 0 Å². The number of carbonyl (C=O) groups is 1. The van der Waals surface area contributed by atoms with E-state index in [1.165, 1.54) is 12.1 Å². The first-order chi connectivity index (χ1) is 8.00. The minimum absolute atomic E-state index is 0.279. The molecule has 1 aromatic rings. The summed E-state index contributed by atoms with van der Waals surface area (Å²) in [5.74, 6) is 0.108. The lowest BCUT2D eigenvalue weighted by Crippen LogP contribution is -2.30. The second-order valence-corrected chi connectivity index (χ2v) is 5.48. The number of aliphatic carboxylic acids is 1. The maximum Gasteiger partial charge on any atom is 0.320 e. The molecule has 0 spiro atoms. The first kappa shape index (κ1) is 14.5. The maximum absolute atomic E-state index is 12.8. The van der Waals surface area contributed by atoms with E-state index in [4.69, 9.17) is 10.8 Å². The molecule has 0 amide bonds. The van der Waals surface area contributed by atoms with Crippen LogP contribution < -0.4 is 5.73 Å². The van der Waals surface area contributed by atoms with Crippen molar-refractivity contribution in [2.24, 2.45) is 5.73 Å². The molecule has 0 saturated carbocycles. The summed E-state index contributed by atoms with van der Waals surface area (Å²) in [6.45, 7) is 0. The fourth-order valence-electron chi connectivity index (χ4n) is 1.15. The number of nitrogens with two attached hydrogens (primary N) is 1. The van der Waals surface area contributed by atoms with Crippen LogP contribution in [-0.2, 0) is 10.5 Å². The molecule has 94 valence electrons. The Morgan fingerprint density at radius 2 is 2.29 bits per heavy atom. The summed E-state index contributed by atoms with van der Waals surface area (Å²) in [6.07, 6.45) is 0.429. The molecule has 6 heteroatoms. The normalized spacial score (nSPS) is 12.4. The van der Waals surface area contributed by atoms with Crippen LogP contribution in [0.15, 0.2) is 22.7 Å². The van der Waals surface area contributed by atoms with Gasteiger partial charge < -0.3 is 10.8 Å². The zero-order chi connectivity index (χ0) is 12.8. The van der Waals surface area contributed by atoms with E-state index in [0.29, 0.717) is 17.9 Å². The zero-order valence-corrected chi connectivity index (χ0v) is 11.4. The third kappa shape index (κ3) is 5.06. The molecule has 3 N–H and O–H groups in total. The van der Waals surface area contributed by atoms with Gasteiger partial charge in [-0.25, -0.2) is 4.39 Å². The number of hydrogen-bond acceptors (Lipinski definition) is 3. The summed E-state index contributed by atoms with van der Waals surface area (Å²) < 4.78 is 13.5. The Labute approximate surface area is 112 Å². The average molecular weight is 322 g/mol. The molecule has 0 aromatic heterocycles. The highest BCUT2D eigenvalue weighted by atomic mass is 79.9. The van der Waals surface area contributed by atoms with Gasteiger partial charge in [-0.05, 0) is 29.9 Å². The minimum Gasteiger partial charge on any atom is -0.480 e. The quantitative estimate of drug-likeness (QED) is 0.790. The molecule has 0 fully saturated rings. The lowest BCUT2D eigenvalue weighted by Gasteiger charge is -2.07. The van der Waals surface area contributed by atoms with Gasteiger partial charge >= 0.3 is 5.97 Å². The van der Waals surface area contributed by atoms with Crippen molar-refractivity contribution in [3.8, 4) is 0 Å². The lowest BCUT2D eigenvalue weighted by molar-refractivity contribution is -0.138. The Bertz CT molecular complexity index is 403. The van der Waals surface area contributed by atoms with Crippen LogP contribution >= 0.6 is 27.7 Å². The van der Waals surface area contributed by atoms with Gasteiger partial charge in [-0.1, -0.05) is 22.0 Å². The van der Waals surface area contributed by atoms with Crippen LogP contribution in [0, 0.1) is 5.82 Å². The molecule has 0 bridgehead atoms. The van der Waals surface area contributed by atoms with E-state index in [1.54, 1.807) is 17.8 Å². The molecule has 1 aromatic carbocycles. The van der Waals surface area contributed by atoms with Gasteiger partial charge in [-0.15, -0.1) is 0 Å². The number of benzene rings is 1. The summed E-state index contributed by atoms with van der Waals surface area (Å²) in [6, 6.07) is 3.73. The van der Waals surface area contributed by atoms with Crippen molar-refractivity contribution in [3.05, 3.63) is 34.1 Å². The minimum atomic E-state index is -0.978. The molecular weight excluding hydrogens is 309 g/mol. The Kier molecular flexibility index (Phi) is 5.94. The average Bonchev–Trinajstić information content (AvgIpc) is 2.26. The topological polar surface area (TPSA) is 63.3 Å². The highest BCUT2D eigenvalue weighted by Crippen LogP contribution is 2.23. The molecule has 0 radical (unpaired) electrons. The number of hydrogen-bond donors (Lipinski definition) is 2. The summed E-state index contributed by atoms with van der Waals surface area (Å²) in [5.41, 5.74) is 6.36. The molecule has 3 nitrogen and oxygen atoms in total. The second-order valence-electron chi connectivity index (χ2n) is 3.52. The number of carboxylic acids is 1. The smallest absolute Gasteiger partial charge is 0.320 e. The zero-order valence-electron chi connectivity index (χ0n) is 9.03. The summed E-state index contributed by atoms with van der Waals surface area (Å²) in [5, 5.41) is 8.59. The summed E-state index contributed by atoms with van der Waals surface area (Å²) >= 11 is 4.86. The monoisotopic (exact) mass is 321 g/mol. The molecule has 0 aliphatic heterocycles. The summed E-state index contributed by atoms with van der Waals surface area (Å²) in [4.78, 5) is 10.5. The molecular formula is C11H13BrFNO2S. The third-order valence-corrected chi connectivity index (χ3v) is 3.94. The van der Waals surface area contributed by atoms with Gasteiger partial charge in [0.2, 0.25) is 0 Å².